The van der Waals surface area contributed by atoms with Crippen molar-refractivity contribution in [1.29, 1.82) is 0 Å². The summed E-state index contributed by atoms with van der Waals surface area (Å²) in [5.41, 5.74) is 0.273. The molecule has 1 unspecified atom stereocenters. The van der Waals surface area contributed by atoms with Gasteiger partial charge < -0.3 is 14.0 Å². The average molecular weight is 245 g/mol. The van der Waals surface area contributed by atoms with Crippen molar-refractivity contribution in [3.8, 4) is 11.5 Å². The van der Waals surface area contributed by atoms with Crippen LogP contribution in [0.3, 0.4) is 0 Å². The van der Waals surface area contributed by atoms with Gasteiger partial charge in [0.05, 0.1) is 11.2 Å². The van der Waals surface area contributed by atoms with E-state index in [4.69, 9.17) is 13.6 Å². The maximum Gasteiger partial charge on any atom is 0.194 e. The van der Waals surface area contributed by atoms with Gasteiger partial charge in [0.25, 0.3) is 0 Å². The summed E-state index contributed by atoms with van der Waals surface area (Å²) in [6.45, 7) is 3.70. The van der Waals surface area contributed by atoms with E-state index in [0.717, 1.165) is 5.56 Å². The van der Waals surface area contributed by atoms with Crippen LogP contribution < -0.4 is 9.47 Å². The first-order valence-electron chi connectivity index (χ1n) is 6.24. The van der Waals surface area contributed by atoms with Crippen molar-refractivity contribution in [2.24, 2.45) is 0 Å². The summed E-state index contributed by atoms with van der Waals surface area (Å²) in [7, 11) is -2.68. The highest BCUT2D eigenvalue weighted by atomic mass is 32.2. The molecule has 0 spiro atoms. The Labute approximate surface area is 101 Å². The standard InChI is InChI=1S/C11H14O4S/c1-11(2)6-7-4-5-8(14-3)10(16(12)13)9(7)15-11/h4-5H,6H2,1-3H3,(H,12,13)/i3D3. The van der Waals surface area contributed by atoms with E-state index in [9.17, 15) is 8.76 Å². The molecule has 2 rings (SSSR count). The molecular weight excluding hydrogens is 228 g/mol. The second-order valence-electron chi connectivity index (χ2n) is 4.27. The van der Waals surface area contributed by atoms with Crippen LogP contribution in [0, 0.1) is 0 Å². The molecule has 1 heterocycles. The van der Waals surface area contributed by atoms with Crippen LogP contribution in [0.25, 0.3) is 0 Å². The smallest absolute Gasteiger partial charge is 0.194 e. The fourth-order valence-corrected chi connectivity index (χ4v) is 2.47. The van der Waals surface area contributed by atoms with E-state index in [-0.39, 0.29) is 16.4 Å². The summed E-state index contributed by atoms with van der Waals surface area (Å²) >= 11 is -2.39. The van der Waals surface area contributed by atoms with Crippen LogP contribution >= 0.6 is 0 Å². The Kier molecular flexibility index (Phi) is 1.89. The quantitative estimate of drug-likeness (QED) is 0.810. The number of hydrogen-bond donors (Lipinski definition) is 1. The Bertz CT molecular complexity index is 539. The van der Waals surface area contributed by atoms with E-state index in [1.54, 1.807) is 6.07 Å². The Morgan fingerprint density at radius 3 is 3.00 bits per heavy atom. The van der Waals surface area contributed by atoms with Gasteiger partial charge in [-0.25, -0.2) is 4.21 Å². The molecule has 0 saturated heterocycles. The summed E-state index contributed by atoms with van der Waals surface area (Å²) in [6, 6.07) is 3.04. The highest BCUT2D eigenvalue weighted by molar-refractivity contribution is 7.79. The van der Waals surface area contributed by atoms with E-state index >= 15 is 0 Å². The van der Waals surface area contributed by atoms with Crippen molar-refractivity contribution in [3.05, 3.63) is 17.7 Å². The van der Waals surface area contributed by atoms with Gasteiger partial charge in [0.1, 0.15) is 17.1 Å². The lowest BCUT2D eigenvalue weighted by Crippen LogP contribution is -2.24. The molecule has 0 bridgehead atoms. The molecule has 88 valence electrons. The molecule has 0 aromatic heterocycles. The number of rotatable bonds is 2. The molecule has 0 saturated carbocycles. The molecule has 1 aliphatic rings. The van der Waals surface area contributed by atoms with Crippen LogP contribution in [0.2, 0.25) is 0 Å². The molecule has 0 radical (unpaired) electrons. The van der Waals surface area contributed by atoms with Crippen molar-refractivity contribution in [1.82, 2.24) is 0 Å². The zero-order valence-corrected chi connectivity index (χ0v) is 9.76. The third-order valence-electron chi connectivity index (χ3n) is 2.44. The highest BCUT2D eigenvalue weighted by Gasteiger charge is 2.34. The monoisotopic (exact) mass is 245 g/mol. The van der Waals surface area contributed by atoms with Crippen LogP contribution in [0.1, 0.15) is 23.5 Å². The Morgan fingerprint density at radius 2 is 2.38 bits per heavy atom. The lowest BCUT2D eigenvalue weighted by atomic mass is 10.0. The molecule has 1 aromatic carbocycles. The Hall–Kier alpha value is -1.07. The molecular formula is C11H14O4S. The minimum absolute atomic E-state index is 0.126. The van der Waals surface area contributed by atoms with Gasteiger partial charge in [-0.15, -0.1) is 0 Å². The summed E-state index contributed by atoms with van der Waals surface area (Å²) in [5, 5.41) is 0. The van der Waals surface area contributed by atoms with Gasteiger partial charge in [-0.1, -0.05) is 6.07 Å². The molecule has 1 aromatic rings. The van der Waals surface area contributed by atoms with E-state index in [1.165, 1.54) is 6.07 Å². The second-order valence-corrected chi connectivity index (χ2v) is 5.18. The van der Waals surface area contributed by atoms with Crippen LogP contribution in [-0.4, -0.2) is 21.4 Å². The third-order valence-corrected chi connectivity index (χ3v) is 3.17. The maximum absolute atomic E-state index is 11.4. The topological polar surface area (TPSA) is 55.8 Å². The fourth-order valence-electron chi connectivity index (χ4n) is 1.85. The SMILES string of the molecule is [2H]C([2H])([2H])Oc1ccc2c(c1S(=O)O)OC(C)(C)C2. The zero-order chi connectivity index (χ0) is 14.4. The molecule has 1 N–H and O–H groups in total. The van der Waals surface area contributed by atoms with Crippen molar-refractivity contribution in [3.63, 3.8) is 0 Å². The number of fused-ring (bicyclic) bond motifs is 1. The molecule has 1 atom stereocenters. The van der Waals surface area contributed by atoms with Gasteiger partial charge in [0, 0.05) is 6.42 Å². The van der Waals surface area contributed by atoms with Crippen LogP contribution in [0.5, 0.6) is 11.5 Å². The van der Waals surface area contributed by atoms with Gasteiger partial charge in [-0.3, -0.25) is 0 Å². The van der Waals surface area contributed by atoms with Gasteiger partial charge in [-0.2, -0.15) is 0 Å². The minimum atomic E-state index is -2.68. The predicted octanol–water partition coefficient (Wildman–Crippen LogP) is 1.99. The molecule has 1 aliphatic heterocycles. The molecule has 4 nitrogen and oxygen atoms in total. The van der Waals surface area contributed by atoms with E-state index in [1.807, 2.05) is 13.8 Å². The number of benzene rings is 1. The summed E-state index contributed by atoms with van der Waals surface area (Å²) in [4.78, 5) is -0.126. The summed E-state index contributed by atoms with van der Waals surface area (Å²) in [6.07, 6.45) is 0.584. The highest BCUT2D eigenvalue weighted by Crippen LogP contribution is 2.42. The van der Waals surface area contributed by atoms with Crippen molar-refractivity contribution in [2.75, 3.05) is 7.04 Å². The Morgan fingerprint density at radius 1 is 1.62 bits per heavy atom. The number of hydrogen-bond acceptors (Lipinski definition) is 3. The van der Waals surface area contributed by atoms with Crippen molar-refractivity contribution >= 4 is 11.1 Å². The van der Waals surface area contributed by atoms with Gasteiger partial charge in [0.2, 0.25) is 0 Å². The van der Waals surface area contributed by atoms with Crippen LogP contribution in [0.4, 0.5) is 0 Å². The normalized spacial score (nSPS) is 22.3. The minimum Gasteiger partial charge on any atom is -0.495 e. The van der Waals surface area contributed by atoms with Gasteiger partial charge in [0.15, 0.2) is 16.0 Å². The number of methoxy groups -OCH3 is 1. The van der Waals surface area contributed by atoms with Crippen molar-refractivity contribution < 1.29 is 22.3 Å². The molecule has 16 heavy (non-hydrogen) atoms. The predicted molar refractivity (Wildman–Crippen MR) is 60.4 cm³/mol. The first kappa shape index (κ1) is 8.08. The number of ether oxygens (including phenoxy) is 2. The van der Waals surface area contributed by atoms with Crippen LogP contribution in [0.15, 0.2) is 17.0 Å². The average Bonchev–Trinajstić information content (AvgIpc) is 2.48. The molecule has 0 fully saturated rings. The zero-order valence-electron chi connectivity index (χ0n) is 11.9. The van der Waals surface area contributed by atoms with Crippen molar-refractivity contribution in [2.45, 2.75) is 30.8 Å². The molecule has 5 heteroatoms. The van der Waals surface area contributed by atoms with E-state index in [0.29, 0.717) is 6.42 Å². The maximum atomic E-state index is 11.4. The molecule has 0 aliphatic carbocycles. The summed E-state index contributed by atoms with van der Waals surface area (Å²) in [5.74, 6) is 0.0878. The fraction of sp³-hybridized carbons (Fsp3) is 0.455. The first-order valence-corrected chi connectivity index (χ1v) is 5.84. The molecule has 0 amide bonds. The van der Waals surface area contributed by atoms with Gasteiger partial charge >= 0.3 is 0 Å². The van der Waals surface area contributed by atoms with Gasteiger partial charge in [-0.05, 0) is 25.5 Å². The Balaban J connectivity index is 2.52. The van der Waals surface area contributed by atoms with E-state index in [2.05, 4.69) is 0 Å². The lowest BCUT2D eigenvalue weighted by Gasteiger charge is -2.18. The van der Waals surface area contributed by atoms with Crippen LogP contribution in [-0.2, 0) is 17.5 Å². The van der Waals surface area contributed by atoms with E-state index < -0.39 is 23.7 Å². The lowest BCUT2D eigenvalue weighted by molar-refractivity contribution is 0.134. The summed E-state index contributed by atoms with van der Waals surface area (Å²) < 4.78 is 52.4. The second kappa shape index (κ2) is 3.75. The largest absolute Gasteiger partial charge is 0.495 e. The first-order chi connectivity index (χ1) is 8.59. The third kappa shape index (κ3) is 1.81.